The molecule has 2 saturated heterocycles. The van der Waals surface area contributed by atoms with Gasteiger partial charge in [0, 0.05) is 44.8 Å². The number of aromatic nitrogens is 2. The first-order chi connectivity index (χ1) is 11.3. The zero-order valence-electron chi connectivity index (χ0n) is 13.8. The molecule has 3 fully saturated rings. The van der Waals surface area contributed by atoms with Crippen LogP contribution < -0.4 is 9.80 Å². The molecule has 3 aliphatic rings. The molecule has 2 aliphatic heterocycles. The summed E-state index contributed by atoms with van der Waals surface area (Å²) < 4.78 is 0. The topological polar surface area (TPSA) is 55.7 Å². The van der Waals surface area contributed by atoms with Crippen molar-refractivity contribution in [1.82, 2.24) is 14.9 Å². The minimum Gasteiger partial charge on any atom is -0.394 e. The summed E-state index contributed by atoms with van der Waals surface area (Å²) in [4.78, 5) is 16.2. The molecule has 1 N–H and O–H groups in total. The Labute approximate surface area is 138 Å². The minimum absolute atomic E-state index is 0.207. The fourth-order valence-corrected chi connectivity index (χ4v) is 3.92. The van der Waals surface area contributed by atoms with Crippen molar-refractivity contribution in [3.63, 3.8) is 0 Å². The van der Waals surface area contributed by atoms with Crippen LogP contribution in [0.5, 0.6) is 0 Å². The molecule has 3 heterocycles. The van der Waals surface area contributed by atoms with E-state index >= 15 is 0 Å². The van der Waals surface area contributed by atoms with Crippen molar-refractivity contribution in [2.75, 3.05) is 49.1 Å². The maximum absolute atomic E-state index is 9.63. The molecule has 6 heteroatoms. The standard InChI is InChI=1S/C17H27N5O/c23-12-15-3-1-2-6-22(15)17-11-16(18-13-19-17)21-9-7-20(8-10-21)14-4-5-14/h11,13-15,23H,1-10,12H2. The van der Waals surface area contributed by atoms with Crippen LogP contribution in [-0.2, 0) is 0 Å². The molecule has 0 aromatic carbocycles. The molecule has 6 nitrogen and oxygen atoms in total. The van der Waals surface area contributed by atoms with Gasteiger partial charge in [0.2, 0.25) is 0 Å². The van der Waals surface area contributed by atoms with Crippen LogP contribution in [0.3, 0.4) is 0 Å². The molecule has 0 radical (unpaired) electrons. The van der Waals surface area contributed by atoms with E-state index in [-0.39, 0.29) is 12.6 Å². The van der Waals surface area contributed by atoms with Gasteiger partial charge in [-0.25, -0.2) is 9.97 Å². The fraction of sp³-hybridized carbons (Fsp3) is 0.765. The second-order valence-corrected chi connectivity index (χ2v) is 7.01. The van der Waals surface area contributed by atoms with Crippen LogP contribution in [0.1, 0.15) is 32.1 Å². The highest BCUT2D eigenvalue weighted by Crippen LogP contribution is 2.29. The molecular weight excluding hydrogens is 290 g/mol. The molecule has 0 spiro atoms. The van der Waals surface area contributed by atoms with Gasteiger partial charge in [0.25, 0.3) is 0 Å². The van der Waals surface area contributed by atoms with Gasteiger partial charge in [-0.2, -0.15) is 0 Å². The van der Waals surface area contributed by atoms with E-state index in [9.17, 15) is 5.11 Å². The Hall–Kier alpha value is -1.40. The molecular formula is C17H27N5O. The smallest absolute Gasteiger partial charge is 0.134 e. The molecule has 4 rings (SSSR count). The van der Waals surface area contributed by atoms with E-state index < -0.39 is 0 Å². The van der Waals surface area contributed by atoms with E-state index in [0.717, 1.165) is 56.8 Å². The Morgan fingerprint density at radius 1 is 0.957 bits per heavy atom. The first-order valence-electron chi connectivity index (χ1n) is 9.03. The van der Waals surface area contributed by atoms with Gasteiger partial charge < -0.3 is 14.9 Å². The second-order valence-electron chi connectivity index (χ2n) is 7.01. The van der Waals surface area contributed by atoms with Crippen LogP contribution in [0.2, 0.25) is 0 Å². The lowest BCUT2D eigenvalue weighted by Crippen LogP contribution is -2.47. The van der Waals surface area contributed by atoms with Crippen LogP contribution in [0.25, 0.3) is 0 Å². The monoisotopic (exact) mass is 317 g/mol. The number of hydrogen-bond donors (Lipinski definition) is 1. The van der Waals surface area contributed by atoms with Gasteiger partial charge in [0.1, 0.15) is 18.0 Å². The highest BCUT2D eigenvalue weighted by Gasteiger charge is 2.31. The zero-order valence-corrected chi connectivity index (χ0v) is 13.8. The van der Waals surface area contributed by atoms with Gasteiger partial charge in [-0.3, -0.25) is 4.90 Å². The third-order valence-electron chi connectivity index (χ3n) is 5.47. The quantitative estimate of drug-likeness (QED) is 0.898. The molecule has 1 aliphatic carbocycles. The van der Waals surface area contributed by atoms with Crippen LogP contribution in [-0.4, -0.2) is 71.4 Å². The van der Waals surface area contributed by atoms with Gasteiger partial charge in [0.05, 0.1) is 12.6 Å². The third-order valence-corrected chi connectivity index (χ3v) is 5.47. The summed E-state index contributed by atoms with van der Waals surface area (Å²) in [7, 11) is 0. The highest BCUT2D eigenvalue weighted by molar-refractivity contribution is 5.51. The maximum Gasteiger partial charge on any atom is 0.134 e. The van der Waals surface area contributed by atoms with E-state index in [1.54, 1.807) is 6.33 Å². The number of piperazine rings is 1. The van der Waals surface area contributed by atoms with Crippen molar-refractivity contribution < 1.29 is 5.11 Å². The average molecular weight is 317 g/mol. The molecule has 23 heavy (non-hydrogen) atoms. The summed E-state index contributed by atoms with van der Waals surface area (Å²) >= 11 is 0. The Morgan fingerprint density at radius 2 is 1.74 bits per heavy atom. The van der Waals surface area contributed by atoms with Crippen molar-refractivity contribution in [3.05, 3.63) is 12.4 Å². The van der Waals surface area contributed by atoms with E-state index in [4.69, 9.17) is 0 Å². The molecule has 0 amide bonds. The molecule has 1 atom stereocenters. The summed E-state index contributed by atoms with van der Waals surface area (Å²) in [6.45, 7) is 5.59. The lowest BCUT2D eigenvalue weighted by atomic mass is 10.0. The summed E-state index contributed by atoms with van der Waals surface area (Å²) in [5, 5.41) is 9.63. The average Bonchev–Trinajstić information content (AvgIpc) is 3.47. The molecule has 1 aromatic rings. The van der Waals surface area contributed by atoms with E-state index in [2.05, 4.69) is 30.7 Å². The van der Waals surface area contributed by atoms with Crippen LogP contribution >= 0.6 is 0 Å². The van der Waals surface area contributed by atoms with Gasteiger partial charge in [-0.1, -0.05) is 0 Å². The van der Waals surface area contributed by atoms with Gasteiger partial charge in [-0.05, 0) is 32.1 Å². The number of piperidine rings is 1. The number of nitrogens with zero attached hydrogens (tertiary/aromatic N) is 5. The molecule has 1 aromatic heterocycles. The van der Waals surface area contributed by atoms with Crippen molar-refractivity contribution in [2.45, 2.75) is 44.2 Å². The second kappa shape index (κ2) is 6.61. The first-order valence-corrected chi connectivity index (χ1v) is 9.03. The van der Waals surface area contributed by atoms with Crippen LogP contribution in [0, 0.1) is 0 Å². The summed E-state index contributed by atoms with van der Waals surface area (Å²) in [5.41, 5.74) is 0. The maximum atomic E-state index is 9.63. The lowest BCUT2D eigenvalue weighted by Gasteiger charge is -2.37. The lowest BCUT2D eigenvalue weighted by molar-refractivity contribution is 0.239. The van der Waals surface area contributed by atoms with Crippen LogP contribution in [0.15, 0.2) is 12.4 Å². The molecule has 1 unspecified atom stereocenters. The predicted octanol–water partition coefficient (Wildman–Crippen LogP) is 1.11. The highest BCUT2D eigenvalue weighted by atomic mass is 16.3. The van der Waals surface area contributed by atoms with Crippen molar-refractivity contribution in [2.24, 2.45) is 0 Å². The fourth-order valence-electron chi connectivity index (χ4n) is 3.92. The Kier molecular flexibility index (Phi) is 4.35. The number of hydrogen-bond acceptors (Lipinski definition) is 6. The van der Waals surface area contributed by atoms with Crippen molar-refractivity contribution >= 4 is 11.6 Å². The van der Waals surface area contributed by atoms with Gasteiger partial charge in [0.15, 0.2) is 0 Å². The van der Waals surface area contributed by atoms with E-state index in [1.165, 1.54) is 25.7 Å². The third kappa shape index (κ3) is 3.28. The Bertz CT molecular complexity index is 527. The molecule has 126 valence electrons. The Balaban J connectivity index is 1.45. The summed E-state index contributed by atoms with van der Waals surface area (Å²) in [5.74, 6) is 2.01. The Morgan fingerprint density at radius 3 is 2.48 bits per heavy atom. The number of aliphatic hydroxyl groups excluding tert-OH is 1. The van der Waals surface area contributed by atoms with Gasteiger partial charge in [-0.15, -0.1) is 0 Å². The summed E-state index contributed by atoms with van der Waals surface area (Å²) in [6.07, 6.45) is 7.87. The van der Waals surface area contributed by atoms with Gasteiger partial charge >= 0.3 is 0 Å². The molecule has 0 bridgehead atoms. The summed E-state index contributed by atoms with van der Waals surface area (Å²) in [6, 6.07) is 3.18. The largest absolute Gasteiger partial charge is 0.394 e. The van der Waals surface area contributed by atoms with E-state index in [1.807, 2.05) is 0 Å². The number of aliphatic hydroxyl groups is 1. The zero-order chi connectivity index (χ0) is 15.6. The van der Waals surface area contributed by atoms with E-state index in [0.29, 0.717) is 0 Å². The predicted molar refractivity (Wildman–Crippen MR) is 90.9 cm³/mol. The molecule has 1 saturated carbocycles. The number of rotatable bonds is 4. The first kappa shape index (κ1) is 15.1. The number of anilines is 2. The SMILES string of the molecule is OCC1CCCCN1c1cc(N2CCN(C3CC3)CC2)ncn1. The van der Waals surface area contributed by atoms with Crippen molar-refractivity contribution in [1.29, 1.82) is 0 Å². The minimum atomic E-state index is 0.207. The van der Waals surface area contributed by atoms with Crippen molar-refractivity contribution in [3.8, 4) is 0 Å². The normalized spacial score (nSPS) is 26.6. The van der Waals surface area contributed by atoms with Crippen LogP contribution in [0.4, 0.5) is 11.6 Å².